The van der Waals surface area contributed by atoms with Gasteiger partial charge in [0.05, 0.1) is 0 Å². The van der Waals surface area contributed by atoms with Gasteiger partial charge in [0.25, 0.3) is 0 Å². The standard InChI is InChI=1S/C12H14O4/c1-9(13)7-15-11-5-3-4-6-12(11)16-8-10(2)14/h3-6H,7-8H2,1-2H3. The lowest BCUT2D eigenvalue weighted by atomic mass is 10.3. The summed E-state index contributed by atoms with van der Waals surface area (Å²) in [4.78, 5) is 21.5. The van der Waals surface area contributed by atoms with Gasteiger partial charge < -0.3 is 9.47 Å². The van der Waals surface area contributed by atoms with E-state index in [1.54, 1.807) is 24.3 Å². The Hall–Kier alpha value is -1.84. The topological polar surface area (TPSA) is 52.6 Å². The minimum atomic E-state index is -0.0682. The number of benzene rings is 1. The van der Waals surface area contributed by atoms with Gasteiger partial charge in [0.1, 0.15) is 13.2 Å². The molecule has 0 fully saturated rings. The Morgan fingerprint density at radius 3 is 1.62 bits per heavy atom. The Labute approximate surface area is 94.2 Å². The fourth-order valence-electron chi connectivity index (χ4n) is 1.05. The number of para-hydroxylation sites is 2. The third kappa shape index (κ3) is 4.13. The van der Waals surface area contributed by atoms with E-state index >= 15 is 0 Å². The maximum absolute atomic E-state index is 10.8. The SMILES string of the molecule is CC(=O)COc1ccccc1OCC(C)=O. The number of ether oxygens (including phenoxy) is 2. The Balaban J connectivity index is 2.67. The molecule has 0 N–H and O–H groups in total. The molecule has 0 bridgehead atoms. The van der Waals surface area contributed by atoms with Crippen LogP contribution in [0.2, 0.25) is 0 Å². The molecule has 0 unspecified atom stereocenters. The number of Topliss-reactive ketones (excluding diaryl/α,β-unsaturated/α-hetero) is 2. The van der Waals surface area contributed by atoms with E-state index in [0.29, 0.717) is 11.5 Å². The first kappa shape index (κ1) is 12.2. The molecule has 0 aliphatic rings. The molecule has 86 valence electrons. The summed E-state index contributed by atoms with van der Waals surface area (Å²) in [5.41, 5.74) is 0. The van der Waals surface area contributed by atoms with Crippen molar-refractivity contribution < 1.29 is 19.1 Å². The number of carbonyl (C=O) groups excluding carboxylic acids is 2. The molecule has 0 amide bonds. The quantitative estimate of drug-likeness (QED) is 0.734. The van der Waals surface area contributed by atoms with Crippen molar-refractivity contribution in [2.75, 3.05) is 13.2 Å². The number of carbonyl (C=O) groups is 2. The molecular weight excluding hydrogens is 208 g/mol. The fourth-order valence-corrected chi connectivity index (χ4v) is 1.05. The molecule has 4 nitrogen and oxygen atoms in total. The van der Waals surface area contributed by atoms with Gasteiger partial charge in [-0.25, -0.2) is 0 Å². The van der Waals surface area contributed by atoms with Crippen LogP contribution >= 0.6 is 0 Å². The second-order valence-electron chi connectivity index (χ2n) is 3.43. The largest absolute Gasteiger partial charge is 0.482 e. The maximum Gasteiger partial charge on any atom is 0.167 e. The van der Waals surface area contributed by atoms with Crippen molar-refractivity contribution in [2.24, 2.45) is 0 Å². The summed E-state index contributed by atoms with van der Waals surface area (Å²) in [6, 6.07) is 6.93. The van der Waals surface area contributed by atoms with E-state index < -0.39 is 0 Å². The van der Waals surface area contributed by atoms with Gasteiger partial charge in [0.2, 0.25) is 0 Å². The van der Waals surface area contributed by atoms with Crippen molar-refractivity contribution in [1.29, 1.82) is 0 Å². The van der Waals surface area contributed by atoms with Crippen molar-refractivity contribution in [3.8, 4) is 11.5 Å². The predicted molar refractivity (Wildman–Crippen MR) is 58.8 cm³/mol. The first-order valence-electron chi connectivity index (χ1n) is 4.93. The number of hydrogen-bond acceptors (Lipinski definition) is 4. The molecule has 0 aliphatic heterocycles. The van der Waals surface area contributed by atoms with E-state index in [4.69, 9.17) is 9.47 Å². The smallest absolute Gasteiger partial charge is 0.167 e. The molecule has 0 saturated carbocycles. The van der Waals surface area contributed by atoms with Crippen LogP contribution in [-0.4, -0.2) is 24.8 Å². The van der Waals surface area contributed by atoms with E-state index in [9.17, 15) is 9.59 Å². The Kier molecular flexibility index (Phi) is 4.51. The van der Waals surface area contributed by atoms with Gasteiger partial charge in [-0.3, -0.25) is 9.59 Å². The van der Waals surface area contributed by atoms with Gasteiger partial charge in [-0.2, -0.15) is 0 Å². The molecule has 0 aromatic heterocycles. The van der Waals surface area contributed by atoms with E-state index in [2.05, 4.69) is 0 Å². The molecule has 4 heteroatoms. The van der Waals surface area contributed by atoms with Crippen LogP contribution in [0.25, 0.3) is 0 Å². The van der Waals surface area contributed by atoms with Gasteiger partial charge in [-0.15, -0.1) is 0 Å². The van der Waals surface area contributed by atoms with E-state index in [0.717, 1.165) is 0 Å². The van der Waals surface area contributed by atoms with Crippen molar-refractivity contribution >= 4 is 11.6 Å². The highest BCUT2D eigenvalue weighted by molar-refractivity contribution is 5.77. The van der Waals surface area contributed by atoms with Gasteiger partial charge in [-0.1, -0.05) is 12.1 Å². The molecule has 0 aliphatic carbocycles. The van der Waals surface area contributed by atoms with Gasteiger partial charge in [-0.05, 0) is 26.0 Å². The summed E-state index contributed by atoms with van der Waals surface area (Å²) in [7, 11) is 0. The van der Waals surface area contributed by atoms with Crippen molar-refractivity contribution in [3.63, 3.8) is 0 Å². The summed E-state index contributed by atoms with van der Waals surface area (Å²) >= 11 is 0. The van der Waals surface area contributed by atoms with Crippen LogP contribution < -0.4 is 9.47 Å². The lowest BCUT2D eigenvalue weighted by molar-refractivity contribution is -0.120. The zero-order valence-corrected chi connectivity index (χ0v) is 9.36. The Morgan fingerprint density at radius 1 is 0.938 bits per heavy atom. The highest BCUT2D eigenvalue weighted by atomic mass is 16.5. The van der Waals surface area contributed by atoms with E-state index in [1.807, 2.05) is 0 Å². The first-order chi connectivity index (χ1) is 7.59. The van der Waals surface area contributed by atoms with Crippen molar-refractivity contribution in [1.82, 2.24) is 0 Å². The monoisotopic (exact) mass is 222 g/mol. The van der Waals surface area contributed by atoms with Gasteiger partial charge in [0.15, 0.2) is 23.1 Å². The lowest BCUT2D eigenvalue weighted by Crippen LogP contribution is -2.10. The van der Waals surface area contributed by atoms with Gasteiger partial charge >= 0.3 is 0 Å². The summed E-state index contributed by atoms with van der Waals surface area (Å²) in [5, 5.41) is 0. The first-order valence-corrected chi connectivity index (χ1v) is 4.93. The Morgan fingerprint density at radius 2 is 1.31 bits per heavy atom. The Bertz CT molecular complexity index is 347. The third-order valence-electron chi connectivity index (χ3n) is 1.71. The van der Waals surface area contributed by atoms with Crippen molar-refractivity contribution in [2.45, 2.75) is 13.8 Å². The normalized spacial score (nSPS) is 9.62. The summed E-state index contributed by atoms with van der Waals surface area (Å²) in [6.07, 6.45) is 0. The van der Waals surface area contributed by atoms with Crippen LogP contribution in [0, 0.1) is 0 Å². The molecule has 0 atom stereocenters. The average molecular weight is 222 g/mol. The lowest BCUT2D eigenvalue weighted by Gasteiger charge is -2.10. The van der Waals surface area contributed by atoms with Crippen LogP contribution in [-0.2, 0) is 9.59 Å². The van der Waals surface area contributed by atoms with Crippen molar-refractivity contribution in [3.05, 3.63) is 24.3 Å². The second kappa shape index (κ2) is 5.90. The predicted octanol–water partition coefficient (Wildman–Crippen LogP) is 1.62. The average Bonchev–Trinajstić information content (AvgIpc) is 2.24. The number of rotatable bonds is 6. The zero-order chi connectivity index (χ0) is 12.0. The second-order valence-corrected chi connectivity index (χ2v) is 3.43. The van der Waals surface area contributed by atoms with Crippen LogP contribution in [0.4, 0.5) is 0 Å². The zero-order valence-electron chi connectivity index (χ0n) is 9.36. The summed E-state index contributed by atoms with van der Waals surface area (Å²) in [6.45, 7) is 2.89. The highest BCUT2D eigenvalue weighted by Crippen LogP contribution is 2.26. The van der Waals surface area contributed by atoms with Gasteiger partial charge in [0, 0.05) is 0 Å². The molecule has 0 saturated heterocycles. The minimum Gasteiger partial charge on any atom is -0.482 e. The van der Waals surface area contributed by atoms with Crippen LogP contribution in [0.3, 0.4) is 0 Å². The van der Waals surface area contributed by atoms with Crippen LogP contribution in [0.5, 0.6) is 11.5 Å². The fraction of sp³-hybridized carbons (Fsp3) is 0.333. The van der Waals surface area contributed by atoms with Crippen LogP contribution in [0.15, 0.2) is 24.3 Å². The molecule has 16 heavy (non-hydrogen) atoms. The highest BCUT2D eigenvalue weighted by Gasteiger charge is 2.05. The summed E-state index contributed by atoms with van der Waals surface area (Å²) < 4.78 is 10.5. The third-order valence-corrected chi connectivity index (χ3v) is 1.71. The molecule has 1 aromatic carbocycles. The molecular formula is C12H14O4. The van der Waals surface area contributed by atoms with E-state index in [1.165, 1.54) is 13.8 Å². The molecule has 1 rings (SSSR count). The molecule has 0 spiro atoms. The number of hydrogen-bond donors (Lipinski definition) is 0. The molecule has 1 aromatic rings. The minimum absolute atomic E-state index is 0.000441. The molecule has 0 heterocycles. The maximum atomic E-state index is 10.8. The molecule has 0 radical (unpaired) electrons. The number of ketones is 2. The van der Waals surface area contributed by atoms with Crippen LogP contribution in [0.1, 0.15) is 13.8 Å². The van der Waals surface area contributed by atoms with E-state index in [-0.39, 0.29) is 24.8 Å². The summed E-state index contributed by atoms with van der Waals surface area (Å²) in [5.74, 6) is 0.806.